The molecule has 24 heavy (non-hydrogen) atoms. The predicted molar refractivity (Wildman–Crippen MR) is 91.4 cm³/mol. The summed E-state index contributed by atoms with van der Waals surface area (Å²) >= 11 is 0. The Hall–Kier alpha value is -2.63. The lowest BCUT2D eigenvalue weighted by molar-refractivity contribution is -0.141. The van der Waals surface area contributed by atoms with E-state index < -0.39 is 11.9 Å². The van der Waals surface area contributed by atoms with E-state index in [0.717, 1.165) is 17.3 Å². The molecule has 0 radical (unpaired) electrons. The van der Waals surface area contributed by atoms with Gasteiger partial charge in [0.05, 0.1) is 29.8 Å². The molecule has 1 aromatic heterocycles. The number of carbonyl (C=O) groups is 2. The van der Waals surface area contributed by atoms with Crippen LogP contribution in [0.1, 0.15) is 35.8 Å². The molecule has 0 aliphatic carbocycles. The molecule has 2 aromatic rings. The summed E-state index contributed by atoms with van der Waals surface area (Å²) in [6.45, 7) is 3.79. The fourth-order valence-electron chi connectivity index (χ4n) is 2.57. The van der Waals surface area contributed by atoms with E-state index in [1.165, 1.54) is 0 Å². The molecule has 0 bridgehead atoms. The summed E-state index contributed by atoms with van der Waals surface area (Å²) in [5, 5.41) is 12.7. The average Bonchev–Trinajstić information content (AvgIpc) is 2.56. The molecule has 0 fully saturated rings. The number of methoxy groups -OCH3 is 1. The van der Waals surface area contributed by atoms with Crippen LogP contribution in [0.4, 0.5) is 0 Å². The molecule has 0 saturated heterocycles. The largest absolute Gasteiger partial charge is 0.497 e. The smallest absolute Gasteiger partial charge is 0.308 e. The minimum absolute atomic E-state index is 0.113. The molecule has 128 valence electrons. The maximum absolute atomic E-state index is 12.4. The summed E-state index contributed by atoms with van der Waals surface area (Å²) in [4.78, 5) is 28.0. The Morgan fingerprint density at radius 2 is 2.08 bits per heavy atom. The van der Waals surface area contributed by atoms with Crippen LogP contribution in [0.5, 0.6) is 5.75 Å². The first-order valence-corrected chi connectivity index (χ1v) is 7.92. The van der Waals surface area contributed by atoms with Crippen molar-refractivity contribution in [2.24, 2.45) is 5.92 Å². The van der Waals surface area contributed by atoms with Crippen LogP contribution in [0.15, 0.2) is 24.3 Å². The van der Waals surface area contributed by atoms with Gasteiger partial charge >= 0.3 is 5.97 Å². The number of carbonyl (C=O) groups excluding carboxylic acids is 1. The van der Waals surface area contributed by atoms with E-state index in [9.17, 15) is 9.59 Å². The third-order valence-electron chi connectivity index (χ3n) is 3.96. The van der Waals surface area contributed by atoms with Crippen molar-refractivity contribution in [2.75, 3.05) is 13.7 Å². The molecule has 2 N–H and O–H groups in total. The first-order valence-electron chi connectivity index (χ1n) is 7.92. The SMILES string of the molecule is CCCC(CNC(=O)c1cc2ccc(OC)cc2nc1C)C(=O)O. The zero-order valence-electron chi connectivity index (χ0n) is 14.1. The summed E-state index contributed by atoms with van der Waals surface area (Å²) in [5.41, 5.74) is 1.79. The Bertz CT molecular complexity index is 758. The van der Waals surface area contributed by atoms with Gasteiger partial charge in [-0.25, -0.2) is 0 Å². The van der Waals surface area contributed by atoms with E-state index in [4.69, 9.17) is 9.84 Å². The molecule has 1 unspecified atom stereocenters. The van der Waals surface area contributed by atoms with Crippen molar-refractivity contribution in [3.8, 4) is 5.75 Å². The van der Waals surface area contributed by atoms with Crippen molar-refractivity contribution in [1.29, 1.82) is 0 Å². The molecule has 0 aliphatic rings. The fourth-order valence-corrected chi connectivity index (χ4v) is 2.57. The molecule has 2 rings (SSSR count). The third kappa shape index (κ3) is 4.01. The topological polar surface area (TPSA) is 88.5 Å². The number of amides is 1. The van der Waals surface area contributed by atoms with Crippen LogP contribution in [0, 0.1) is 12.8 Å². The highest BCUT2D eigenvalue weighted by molar-refractivity contribution is 5.98. The van der Waals surface area contributed by atoms with Crippen molar-refractivity contribution >= 4 is 22.8 Å². The van der Waals surface area contributed by atoms with Crippen LogP contribution in [-0.2, 0) is 4.79 Å². The van der Waals surface area contributed by atoms with Crippen LogP contribution in [0.25, 0.3) is 10.9 Å². The number of fused-ring (bicyclic) bond motifs is 1. The number of aryl methyl sites for hydroxylation is 1. The standard InChI is InChI=1S/C18H22N2O4/c1-4-5-13(18(22)23)10-19-17(21)15-8-12-6-7-14(24-3)9-16(12)20-11(15)2/h6-9,13H,4-5,10H2,1-3H3,(H,19,21)(H,22,23). The van der Waals surface area contributed by atoms with Gasteiger partial charge < -0.3 is 15.2 Å². The number of ether oxygens (including phenoxy) is 1. The maximum Gasteiger partial charge on any atom is 0.308 e. The highest BCUT2D eigenvalue weighted by Crippen LogP contribution is 2.21. The van der Waals surface area contributed by atoms with Gasteiger partial charge in [-0.3, -0.25) is 14.6 Å². The minimum atomic E-state index is -0.891. The molecular formula is C18H22N2O4. The van der Waals surface area contributed by atoms with Crippen molar-refractivity contribution in [2.45, 2.75) is 26.7 Å². The van der Waals surface area contributed by atoms with Crippen molar-refractivity contribution in [3.63, 3.8) is 0 Å². The van der Waals surface area contributed by atoms with Crippen molar-refractivity contribution < 1.29 is 19.4 Å². The van der Waals surface area contributed by atoms with Crippen molar-refractivity contribution in [1.82, 2.24) is 10.3 Å². The van der Waals surface area contributed by atoms with Gasteiger partial charge in [-0.1, -0.05) is 13.3 Å². The number of nitrogens with zero attached hydrogens (tertiary/aromatic N) is 1. The number of hydrogen-bond donors (Lipinski definition) is 2. The number of carboxylic acid groups (broad SMARTS) is 1. The summed E-state index contributed by atoms with van der Waals surface area (Å²) in [5.74, 6) is -1.06. The van der Waals surface area contributed by atoms with Gasteiger partial charge in [-0.2, -0.15) is 0 Å². The van der Waals surface area contributed by atoms with Crippen LogP contribution in [0.2, 0.25) is 0 Å². The van der Waals surface area contributed by atoms with Gasteiger partial charge in [-0.15, -0.1) is 0 Å². The number of benzene rings is 1. The maximum atomic E-state index is 12.4. The van der Waals surface area contributed by atoms with E-state index in [-0.39, 0.29) is 12.5 Å². The van der Waals surface area contributed by atoms with Crippen LogP contribution in [-0.4, -0.2) is 35.6 Å². The van der Waals surface area contributed by atoms with E-state index in [1.54, 1.807) is 20.1 Å². The number of pyridine rings is 1. The third-order valence-corrected chi connectivity index (χ3v) is 3.96. The van der Waals surface area contributed by atoms with E-state index in [0.29, 0.717) is 23.4 Å². The van der Waals surface area contributed by atoms with Gasteiger partial charge in [0, 0.05) is 18.0 Å². The van der Waals surface area contributed by atoms with Gasteiger partial charge in [0.1, 0.15) is 5.75 Å². The quantitative estimate of drug-likeness (QED) is 0.815. The van der Waals surface area contributed by atoms with E-state index in [2.05, 4.69) is 10.3 Å². The van der Waals surface area contributed by atoms with Gasteiger partial charge in [0.15, 0.2) is 0 Å². The normalized spacial score (nSPS) is 12.0. The zero-order chi connectivity index (χ0) is 17.7. The van der Waals surface area contributed by atoms with Crippen molar-refractivity contribution in [3.05, 3.63) is 35.5 Å². The Morgan fingerprint density at radius 3 is 2.71 bits per heavy atom. The molecule has 0 aliphatic heterocycles. The summed E-state index contributed by atoms with van der Waals surface area (Å²) in [7, 11) is 1.59. The lowest BCUT2D eigenvalue weighted by atomic mass is 10.0. The minimum Gasteiger partial charge on any atom is -0.497 e. The molecule has 1 heterocycles. The lowest BCUT2D eigenvalue weighted by Crippen LogP contribution is -2.33. The summed E-state index contributed by atoms with van der Waals surface area (Å²) in [6.07, 6.45) is 1.29. The second-order valence-corrected chi connectivity index (χ2v) is 5.71. The average molecular weight is 330 g/mol. The number of nitrogens with one attached hydrogen (secondary N) is 1. The second-order valence-electron chi connectivity index (χ2n) is 5.71. The molecule has 1 aromatic carbocycles. The molecule has 0 saturated carbocycles. The number of carboxylic acids is 1. The Balaban J connectivity index is 2.20. The molecular weight excluding hydrogens is 308 g/mol. The Kier molecular flexibility index (Phi) is 5.73. The summed E-state index contributed by atoms with van der Waals surface area (Å²) in [6, 6.07) is 7.23. The second kappa shape index (κ2) is 7.77. The number of hydrogen-bond acceptors (Lipinski definition) is 4. The Labute approximate surface area is 140 Å². The molecule has 0 spiro atoms. The summed E-state index contributed by atoms with van der Waals surface area (Å²) < 4.78 is 5.18. The Morgan fingerprint density at radius 1 is 1.33 bits per heavy atom. The fraction of sp³-hybridized carbons (Fsp3) is 0.389. The number of aromatic nitrogens is 1. The molecule has 1 amide bonds. The molecule has 6 heteroatoms. The zero-order valence-corrected chi connectivity index (χ0v) is 14.1. The predicted octanol–water partition coefficient (Wildman–Crippen LogP) is 2.78. The first kappa shape index (κ1) is 17.7. The van der Waals surface area contributed by atoms with Gasteiger partial charge in [0.2, 0.25) is 0 Å². The van der Waals surface area contributed by atoms with Crippen LogP contribution >= 0.6 is 0 Å². The van der Waals surface area contributed by atoms with E-state index >= 15 is 0 Å². The van der Waals surface area contributed by atoms with E-state index in [1.807, 2.05) is 25.1 Å². The highest BCUT2D eigenvalue weighted by atomic mass is 16.5. The van der Waals surface area contributed by atoms with Crippen LogP contribution < -0.4 is 10.1 Å². The number of aliphatic carboxylic acids is 1. The van der Waals surface area contributed by atoms with Gasteiger partial charge in [0.25, 0.3) is 5.91 Å². The first-order chi connectivity index (χ1) is 11.5. The monoisotopic (exact) mass is 330 g/mol. The molecule has 1 atom stereocenters. The number of rotatable bonds is 7. The van der Waals surface area contributed by atoms with Crippen LogP contribution in [0.3, 0.4) is 0 Å². The lowest BCUT2D eigenvalue weighted by Gasteiger charge is -2.13. The van der Waals surface area contributed by atoms with Gasteiger partial charge in [-0.05, 0) is 31.5 Å². The highest BCUT2D eigenvalue weighted by Gasteiger charge is 2.19. The molecule has 6 nitrogen and oxygen atoms in total.